The van der Waals surface area contributed by atoms with E-state index < -0.39 is 6.10 Å². The van der Waals surface area contributed by atoms with E-state index in [1.165, 1.54) is 12.0 Å². The van der Waals surface area contributed by atoms with Crippen molar-refractivity contribution in [1.29, 1.82) is 0 Å². The lowest BCUT2D eigenvalue weighted by molar-refractivity contribution is 0.0461. The summed E-state index contributed by atoms with van der Waals surface area (Å²) in [7, 11) is 0. The number of Topliss-reactive ketones (excluding diaryl/α,β-unsaturated/α-hetero) is 1. The van der Waals surface area contributed by atoms with Gasteiger partial charge in [0.25, 0.3) is 0 Å². The van der Waals surface area contributed by atoms with E-state index in [1.807, 2.05) is 25.1 Å². The highest BCUT2D eigenvalue weighted by molar-refractivity contribution is 6.09. The molecule has 2 heterocycles. The van der Waals surface area contributed by atoms with Crippen molar-refractivity contribution < 1.29 is 14.6 Å². The van der Waals surface area contributed by atoms with Gasteiger partial charge < -0.3 is 19.3 Å². The quantitative estimate of drug-likeness (QED) is 0.482. The van der Waals surface area contributed by atoms with Crippen LogP contribution in [0.5, 0.6) is 5.75 Å². The molecule has 1 aliphatic heterocycles. The van der Waals surface area contributed by atoms with E-state index in [0.717, 1.165) is 55.0 Å². The second kappa shape index (κ2) is 10.7. The second-order valence-corrected chi connectivity index (χ2v) is 9.47. The van der Waals surface area contributed by atoms with E-state index in [-0.39, 0.29) is 12.4 Å². The topological polar surface area (TPSA) is 57.9 Å². The summed E-state index contributed by atoms with van der Waals surface area (Å²) in [5.74, 6) is 0.704. The van der Waals surface area contributed by atoms with E-state index in [9.17, 15) is 9.90 Å². The Labute approximate surface area is 202 Å². The highest BCUT2D eigenvalue weighted by atomic mass is 16.5. The Morgan fingerprint density at radius 2 is 1.71 bits per heavy atom. The van der Waals surface area contributed by atoms with Crippen LogP contribution in [0.15, 0.2) is 42.5 Å². The van der Waals surface area contributed by atoms with E-state index in [4.69, 9.17) is 4.74 Å². The average Bonchev–Trinajstić information content (AvgIpc) is 3.11. The monoisotopic (exact) mass is 463 g/mol. The lowest BCUT2D eigenvalue weighted by atomic mass is 10.1. The number of aryl methyl sites for hydroxylation is 1. The van der Waals surface area contributed by atoms with Crippen molar-refractivity contribution in [2.24, 2.45) is 0 Å². The molecule has 1 aliphatic rings. The Hall–Kier alpha value is -2.67. The zero-order valence-electron chi connectivity index (χ0n) is 20.9. The molecule has 0 spiro atoms. The largest absolute Gasteiger partial charge is 0.491 e. The minimum atomic E-state index is -0.556. The fourth-order valence-corrected chi connectivity index (χ4v) is 5.01. The summed E-state index contributed by atoms with van der Waals surface area (Å²) < 4.78 is 8.10. The molecule has 0 saturated carbocycles. The number of fused-ring (bicyclic) bond motifs is 1. The third kappa shape index (κ3) is 5.35. The molecule has 6 nitrogen and oxygen atoms in total. The second-order valence-electron chi connectivity index (χ2n) is 9.47. The van der Waals surface area contributed by atoms with E-state index in [0.29, 0.717) is 17.9 Å². The van der Waals surface area contributed by atoms with Gasteiger partial charge in [-0.3, -0.25) is 9.69 Å². The van der Waals surface area contributed by atoms with Crippen molar-refractivity contribution in [2.45, 2.75) is 40.2 Å². The summed E-state index contributed by atoms with van der Waals surface area (Å²) in [6, 6.07) is 14.2. The van der Waals surface area contributed by atoms with Gasteiger partial charge in [-0.05, 0) is 64.1 Å². The maximum atomic E-state index is 12.5. The minimum Gasteiger partial charge on any atom is -0.491 e. The lowest BCUT2D eigenvalue weighted by Gasteiger charge is -2.35. The zero-order valence-corrected chi connectivity index (χ0v) is 20.9. The lowest BCUT2D eigenvalue weighted by Crippen LogP contribution is -2.49. The average molecular weight is 464 g/mol. The highest BCUT2D eigenvalue weighted by Gasteiger charge is 2.21. The molecule has 2 aromatic carbocycles. The number of carbonyl (C=O) groups excluding carboxylic acids is 1. The number of piperazine rings is 1. The summed E-state index contributed by atoms with van der Waals surface area (Å²) >= 11 is 0. The van der Waals surface area contributed by atoms with Crippen molar-refractivity contribution in [3.8, 4) is 11.4 Å². The van der Waals surface area contributed by atoms with Crippen molar-refractivity contribution in [2.75, 3.05) is 45.9 Å². The SMILES string of the molecule is CCCN1CCN(C[C@@H](O)COc2ccc3c(c2)c(C(C)=O)c(C)n3-c2ccc(C)cc2)CC1. The summed E-state index contributed by atoms with van der Waals surface area (Å²) in [6.45, 7) is 14.0. The van der Waals surface area contributed by atoms with Crippen LogP contribution in [0.3, 0.4) is 0 Å². The molecule has 1 aromatic heterocycles. The molecule has 1 saturated heterocycles. The van der Waals surface area contributed by atoms with E-state index in [1.54, 1.807) is 6.92 Å². The van der Waals surface area contributed by atoms with Crippen molar-refractivity contribution in [3.63, 3.8) is 0 Å². The maximum Gasteiger partial charge on any atom is 0.162 e. The normalized spacial score (nSPS) is 16.1. The number of aliphatic hydroxyl groups is 1. The Bertz CT molecular complexity index is 1130. The van der Waals surface area contributed by atoms with E-state index >= 15 is 0 Å². The van der Waals surface area contributed by atoms with Crippen LogP contribution in [0.1, 0.15) is 41.9 Å². The minimum absolute atomic E-state index is 0.0350. The van der Waals surface area contributed by atoms with Gasteiger partial charge in [0.15, 0.2) is 5.78 Å². The number of aliphatic hydroxyl groups excluding tert-OH is 1. The molecule has 1 fully saturated rings. The predicted octanol–water partition coefficient (Wildman–Crippen LogP) is 4.22. The molecule has 3 aromatic rings. The number of carbonyl (C=O) groups is 1. The summed E-state index contributed by atoms with van der Waals surface area (Å²) in [5, 5.41) is 11.4. The molecule has 0 radical (unpaired) electrons. The third-order valence-corrected chi connectivity index (χ3v) is 6.74. The van der Waals surface area contributed by atoms with Crippen LogP contribution >= 0.6 is 0 Å². The van der Waals surface area contributed by atoms with E-state index in [2.05, 4.69) is 52.5 Å². The van der Waals surface area contributed by atoms with Crippen LogP contribution in [-0.2, 0) is 0 Å². The molecular formula is C28H37N3O3. The first-order valence-electron chi connectivity index (χ1n) is 12.4. The molecule has 4 rings (SSSR count). The predicted molar refractivity (Wildman–Crippen MR) is 137 cm³/mol. The molecule has 34 heavy (non-hydrogen) atoms. The standard InChI is InChI=1S/C28H37N3O3/c1-5-12-29-13-15-30(16-14-29)18-24(33)19-34-25-10-11-27-26(17-25)28(22(4)32)21(3)31(27)23-8-6-20(2)7-9-23/h6-11,17,24,33H,5,12-16,18-19H2,1-4H3/t24-/m1/s1. The summed E-state index contributed by atoms with van der Waals surface area (Å²) in [4.78, 5) is 17.3. The molecule has 0 unspecified atom stereocenters. The molecule has 0 amide bonds. The highest BCUT2D eigenvalue weighted by Crippen LogP contribution is 2.32. The van der Waals surface area contributed by atoms with Crippen LogP contribution in [0.2, 0.25) is 0 Å². The van der Waals surface area contributed by atoms with Crippen molar-refractivity contribution in [3.05, 3.63) is 59.3 Å². The van der Waals surface area contributed by atoms with Gasteiger partial charge in [0.1, 0.15) is 18.5 Å². The molecule has 6 heteroatoms. The Balaban J connectivity index is 1.47. The third-order valence-electron chi connectivity index (χ3n) is 6.74. The van der Waals surface area contributed by atoms with Gasteiger partial charge in [-0.1, -0.05) is 24.6 Å². The number of β-amino-alcohol motifs (C(OH)–C–C–N with tert-alkyl or cyclic N) is 1. The first-order chi connectivity index (χ1) is 16.4. The molecule has 182 valence electrons. The van der Waals surface area contributed by atoms with Gasteiger partial charge in [0.2, 0.25) is 0 Å². The Morgan fingerprint density at radius 3 is 2.35 bits per heavy atom. The van der Waals surface area contributed by atoms with Crippen LogP contribution < -0.4 is 4.74 Å². The number of ketones is 1. The molecule has 0 aliphatic carbocycles. The Kier molecular flexibility index (Phi) is 7.71. The molecular weight excluding hydrogens is 426 g/mol. The Morgan fingerprint density at radius 1 is 1.03 bits per heavy atom. The van der Waals surface area contributed by atoms with Crippen molar-refractivity contribution in [1.82, 2.24) is 14.4 Å². The molecule has 1 N–H and O–H groups in total. The number of rotatable bonds is 9. The number of benzene rings is 2. The van der Waals surface area contributed by atoms with Gasteiger partial charge >= 0.3 is 0 Å². The smallest absolute Gasteiger partial charge is 0.162 e. The first-order valence-corrected chi connectivity index (χ1v) is 12.4. The summed E-state index contributed by atoms with van der Waals surface area (Å²) in [5.41, 5.74) is 4.84. The number of aromatic nitrogens is 1. The fraction of sp³-hybridized carbons (Fsp3) is 0.464. The number of hydrogen-bond donors (Lipinski definition) is 1. The van der Waals surface area contributed by atoms with Gasteiger partial charge in [-0.2, -0.15) is 0 Å². The fourth-order valence-electron chi connectivity index (χ4n) is 5.01. The zero-order chi connectivity index (χ0) is 24.2. The van der Waals surface area contributed by atoms with Gasteiger partial charge in [0, 0.05) is 55.1 Å². The number of hydrogen-bond acceptors (Lipinski definition) is 5. The van der Waals surface area contributed by atoms with Crippen LogP contribution in [-0.4, -0.2) is 77.2 Å². The van der Waals surface area contributed by atoms with Crippen LogP contribution in [0.25, 0.3) is 16.6 Å². The first kappa shape index (κ1) is 24.5. The molecule has 0 bridgehead atoms. The van der Waals surface area contributed by atoms with Crippen LogP contribution in [0.4, 0.5) is 0 Å². The van der Waals surface area contributed by atoms with Crippen LogP contribution in [0, 0.1) is 13.8 Å². The van der Waals surface area contributed by atoms with Gasteiger partial charge in [-0.25, -0.2) is 0 Å². The number of ether oxygens (including phenoxy) is 1. The van der Waals surface area contributed by atoms with Gasteiger partial charge in [-0.15, -0.1) is 0 Å². The molecule has 1 atom stereocenters. The summed E-state index contributed by atoms with van der Waals surface area (Å²) in [6.07, 6.45) is 0.625. The van der Waals surface area contributed by atoms with Crippen molar-refractivity contribution >= 4 is 16.7 Å². The maximum absolute atomic E-state index is 12.5. The van der Waals surface area contributed by atoms with Gasteiger partial charge in [0.05, 0.1) is 5.52 Å². The number of nitrogens with zero attached hydrogens (tertiary/aromatic N) is 3.